The number of carbonyl (C=O) groups is 1. The predicted octanol–water partition coefficient (Wildman–Crippen LogP) is 0.398. The molecule has 0 radical (unpaired) electrons. The van der Waals surface area contributed by atoms with Gasteiger partial charge in [0, 0.05) is 40.3 Å². The van der Waals surface area contributed by atoms with Crippen molar-refractivity contribution < 1.29 is 17.9 Å². The fraction of sp³-hybridized carbons (Fsp3) is 0.562. The Bertz CT molecular complexity index is 695. The van der Waals surface area contributed by atoms with E-state index in [2.05, 4.69) is 4.90 Å². The summed E-state index contributed by atoms with van der Waals surface area (Å²) in [6.45, 7) is 4.15. The zero-order valence-electron chi connectivity index (χ0n) is 14.7. The third-order valence-electron chi connectivity index (χ3n) is 4.10. The Hall–Kier alpha value is -1.64. The van der Waals surface area contributed by atoms with E-state index < -0.39 is 10.0 Å². The van der Waals surface area contributed by atoms with Gasteiger partial charge in [-0.15, -0.1) is 0 Å². The molecule has 1 amide bonds. The SMILES string of the molecule is Cc1cc(S(=O)(=O)N2CCN(C)CC2)ccc1OCC(=O)N(C)C. The summed E-state index contributed by atoms with van der Waals surface area (Å²) in [7, 11) is 1.80. The summed E-state index contributed by atoms with van der Waals surface area (Å²) in [5.41, 5.74) is 0.691. The highest BCUT2D eigenvalue weighted by atomic mass is 32.2. The first-order valence-electron chi connectivity index (χ1n) is 7.84. The highest BCUT2D eigenvalue weighted by Gasteiger charge is 2.27. The zero-order chi connectivity index (χ0) is 17.9. The number of piperazine rings is 1. The molecular weight excluding hydrogens is 330 g/mol. The van der Waals surface area contributed by atoms with Crippen LogP contribution in [0, 0.1) is 6.92 Å². The first kappa shape index (κ1) is 18.7. The molecule has 0 bridgehead atoms. The van der Waals surface area contributed by atoms with E-state index in [1.807, 2.05) is 7.05 Å². The van der Waals surface area contributed by atoms with Crippen LogP contribution < -0.4 is 4.74 Å². The Morgan fingerprint density at radius 3 is 2.38 bits per heavy atom. The molecule has 1 heterocycles. The molecule has 1 aliphatic heterocycles. The number of rotatable bonds is 5. The van der Waals surface area contributed by atoms with Gasteiger partial charge in [0.15, 0.2) is 6.61 Å². The summed E-state index contributed by atoms with van der Waals surface area (Å²) in [5.74, 6) is 0.367. The van der Waals surface area contributed by atoms with Crippen molar-refractivity contribution in [2.75, 3.05) is 53.9 Å². The van der Waals surface area contributed by atoms with Gasteiger partial charge in [-0.3, -0.25) is 4.79 Å². The predicted molar refractivity (Wildman–Crippen MR) is 91.6 cm³/mol. The fourth-order valence-electron chi connectivity index (χ4n) is 2.39. The Morgan fingerprint density at radius 2 is 1.83 bits per heavy atom. The highest BCUT2D eigenvalue weighted by Crippen LogP contribution is 2.24. The van der Waals surface area contributed by atoms with E-state index in [4.69, 9.17) is 4.74 Å². The lowest BCUT2D eigenvalue weighted by Gasteiger charge is -2.31. The summed E-state index contributed by atoms with van der Waals surface area (Å²) in [6.07, 6.45) is 0. The lowest BCUT2D eigenvalue weighted by molar-refractivity contribution is -0.130. The fourth-order valence-corrected chi connectivity index (χ4v) is 3.90. The number of amides is 1. The van der Waals surface area contributed by atoms with Gasteiger partial charge >= 0.3 is 0 Å². The second kappa shape index (κ2) is 7.50. The Labute approximate surface area is 143 Å². The van der Waals surface area contributed by atoms with E-state index in [1.165, 1.54) is 15.3 Å². The molecule has 1 aromatic carbocycles. The van der Waals surface area contributed by atoms with Gasteiger partial charge in [-0.1, -0.05) is 0 Å². The van der Waals surface area contributed by atoms with E-state index >= 15 is 0 Å². The van der Waals surface area contributed by atoms with Gasteiger partial charge in [0.1, 0.15) is 5.75 Å². The van der Waals surface area contributed by atoms with Crippen LogP contribution in [-0.4, -0.2) is 82.4 Å². The minimum Gasteiger partial charge on any atom is -0.483 e. The molecule has 134 valence electrons. The number of nitrogens with zero attached hydrogens (tertiary/aromatic N) is 3. The van der Waals surface area contributed by atoms with Crippen LogP contribution in [0.5, 0.6) is 5.75 Å². The Kier molecular flexibility index (Phi) is 5.84. The van der Waals surface area contributed by atoms with Crippen LogP contribution in [0.2, 0.25) is 0 Å². The molecule has 0 aliphatic carbocycles. The molecule has 0 atom stereocenters. The Morgan fingerprint density at radius 1 is 1.21 bits per heavy atom. The largest absolute Gasteiger partial charge is 0.483 e. The standard InChI is InChI=1S/C16H25N3O4S/c1-13-11-14(5-6-15(13)23-12-16(20)17(2)3)24(21,22)19-9-7-18(4)8-10-19/h5-6,11H,7-10,12H2,1-4H3. The van der Waals surface area contributed by atoms with Crippen LogP contribution in [0.3, 0.4) is 0 Å². The topological polar surface area (TPSA) is 70.2 Å². The van der Waals surface area contributed by atoms with Crippen LogP contribution in [0.25, 0.3) is 0 Å². The molecule has 0 saturated carbocycles. The number of aryl methyl sites for hydroxylation is 1. The van der Waals surface area contributed by atoms with Crippen molar-refractivity contribution in [3.8, 4) is 5.75 Å². The molecule has 24 heavy (non-hydrogen) atoms. The quantitative estimate of drug-likeness (QED) is 0.765. The van der Waals surface area contributed by atoms with Gasteiger partial charge in [-0.05, 0) is 37.7 Å². The zero-order valence-corrected chi connectivity index (χ0v) is 15.5. The molecule has 0 aromatic heterocycles. The molecule has 1 fully saturated rings. The van der Waals surface area contributed by atoms with E-state index in [9.17, 15) is 13.2 Å². The minimum atomic E-state index is -3.49. The highest BCUT2D eigenvalue weighted by molar-refractivity contribution is 7.89. The maximum absolute atomic E-state index is 12.7. The number of hydrogen-bond acceptors (Lipinski definition) is 5. The first-order chi connectivity index (χ1) is 11.2. The van der Waals surface area contributed by atoms with Crippen LogP contribution in [-0.2, 0) is 14.8 Å². The van der Waals surface area contributed by atoms with Crippen molar-refractivity contribution in [3.05, 3.63) is 23.8 Å². The molecular formula is C16H25N3O4S. The van der Waals surface area contributed by atoms with Gasteiger partial charge in [-0.25, -0.2) is 8.42 Å². The summed E-state index contributed by atoms with van der Waals surface area (Å²) in [4.78, 5) is 15.4. The number of benzene rings is 1. The number of ether oxygens (including phenoxy) is 1. The second-order valence-electron chi connectivity index (χ2n) is 6.21. The molecule has 0 spiro atoms. The van der Waals surface area contributed by atoms with Gasteiger partial charge < -0.3 is 14.5 Å². The third kappa shape index (κ3) is 4.25. The minimum absolute atomic E-state index is 0.0710. The summed E-state index contributed by atoms with van der Waals surface area (Å²) >= 11 is 0. The van der Waals surface area contributed by atoms with Crippen molar-refractivity contribution in [3.63, 3.8) is 0 Å². The van der Waals surface area contributed by atoms with Crippen molar-refractivity contribution >= 4 is 15.9 Å². The van der Waals surface area contributed by atoms with Crippen LogP contribution >= 0.6 is 0 Å². The summed E-state index contributed by atoms with van der Waals surface area (Å²) in [6, 6.07) is 4.75. The van der Waals surface area contributed by atoms with Gasteiger partial charge in [0.05, 0.1) is 4.90 Å². The number of sulfonamides is 1. The molecule has 8 heteroatoms. The van der Waals surface area contributed by atoms with Gasteiger partial charge in [0.25, 0.3) is 5.91 Å². The first-order valence-corrected chi connectivity index (χ1v) is 9.28. The summed E-state index contributed by atoms with van der Waals surface area (Å²) in [5, 5.41) is 0. The van der Waals surface area contributed by atoms with E-state index in [0.29, 0.717) is 24.4 Å². The van der Waals surface area contributed by atoms with E-state index in [-0.39, 0.29) is 17.4 Å². The molecule has 1 aromatic rings. The van der Waals surface area contributed by atoms with Gasteiger partial charge in [-0.2, -0.15) is 4.31 Å². The molecule has 2 rings (SSSR count). The van der Waals surface area contributed by atoms with E-state index in [1.54, 1.807) is 33.2 Å². The maximum atomic E-state index is 12.7. The lowest BCUT2D eigenvalue weighted by Crippen LogP contribution is -2.47. The number of hydrogen-bond donors (Lipinski definition) is 0. The monoisotopic (exact) mass is 355 g/mol. The second-order valence-corrected chi connectivity index (χ2v) is 8.15. The number of carbonyl (C=O) groups excluding carboxylic acids is 1. The normalized spacial score (nSPS) is 16.8. The van der Waals surface area contributed by atoms with Crippen molar-refractivity contribution in [1.29, 1.82) is 0 Å². The Balaban J connectivity index is 2.12. The third-order valence-corrected chi connectivity index (χ3v) is 5.99. The average Bonchev–Trinajstić information content (AvgIpc) is 2.53. The summed E-state index contributed by atoms with van der Waals surface area (Å²) < 4.78 is 32.4. The molecule has 1 saturated heterocycles. The molecule has 7 nitrogen and oxygen atoms in total. The molecule has 0 N–H and O–H groups in total. The van der Waals surface area contributed by atoms with Crippen LogP contribution in [0.4, 0.5) is 0 Å². The lowest BCUT2D eigenvalue weighted by atomic mass is 10.2. The van der Waals surface area contributed by atoms with Gasteiger partial charge in [0.2, 0.25) is 10.0 Å². The number of likely N-dealkylation sites (N-methyl/N-ethyl adjacent to an activating group) is 2. The van der Waals surface area contributed by atoms with Crippen LogP contribution in [0.15, 0.2) is 23.1 Å². The van der Waals surface area contributed by atoms with Crippen molar-refractivity contribution in [2.45, 2.75) is 11.8 Å². The average molecular weight is 355 g/mol. The molecule has 1 aliphatic rings. The molecule has 0 unspecified atom stereocenters. The maximum Gasteiger partial charge on any atom is 0.259 e. The van der Waals surface area contributed by atoms with Crippen LogP contribution in [0.1, 0.15) is 5.56 Å². The van der Waals surface area contributed by atoms with Crippen molar-refractivity contribution in [2.24, 2.45) is 0 Å². The van der Waals surface area contributed by atoms with E-state index in [0.717, 1.165) is 13.1 Å². The van der Waals surface area contributed by atoms with Crippen molar-refractivity contribution in [1.82, 2.24) is 14.1 Å². The smallest absolute Gasteiger partial charge is 0.259 e.